The van der Waals surface area contributed by atoms with Crippen LogP contribution >= 0.6 is 0 Å². The van der Waals surface area contributed by atoms with Crippen molar-refractivity contribution >= 4 is 0 Å². The second kappa shape index (κ2) is 9.15. The molecule has 0 amide bonds. The smallest absolute Gasteiger partial charge is 0.0900 e. The first-order valence-electron chi connectivity index (χ1n) is 7.94. The van der Waals surface area contributed by atoms with E-state index in [0.29, 0.717) is 13.2 Å². The molecule has 1 aliphatic heterocycles. The standard InChI is InChI=1S/C17H28N2O2/c1-18-11-15-7-9-19(10-8-15)12-17(20)14-21-13-16-5-3-2-4-6-16/h2-6,15,17-18,20H,7-14H2,1H3. The third-order valence-electron chi connectivity index (χ3n) is 4.09. The highest BCUT2D eigenvalue weighted by atomic mass is 16.5. The van der Waals surface area contributed by atoms with Crippen LogP contribution in [0, 0.1) is 5.92 Å². The van der Waals surface area contributed by atoms with Gasteiger partial charge in [0.05, 0.1) is 19.3 Å². The summed E-state index contributed by atoms with van der Waals surface area (Å²) in [5, 5.41) is 13.3. The van der Waals surface area contributed by atoms with Crippen LogP contribution in [0.2, 0.25) is 0 Å². The molecule has 118 valence electrons. The number of hydrogen-bond acceptors (Lipinski definition) is 4. The lowest BCUT2D eigenvalue weighted by atomic mass is 9.97. The van der Waals surface area contributed by atoms with Crippen molar-refractivity contribution in [1.82, 2.24) is 10.2 Å². The molecule has 1 unspecified atom stereocenters. The predicted octanol–water partition coefficient (Wildman–Crippen LogP) is 1.50. The highest BCUT2D eigenvalue weighted by Gasteiger charge is 2.20. The number of hydrogen-bond donors (Lipinski definition) is 2. The van der Waals surface area contributed by atoms with Crippen molar-refractivity contribution in [3.8, 4) is 0 Å². The van der Waals surface area contributed by atoms with Gasteiger partial charge in [0.15, 0.2) is 0 Å². The maximum absolute atomic E-state index is 10.1. The number of aliphatic hydroxyl groups excluding tert-OH is 1. The number of likely N-dealkylation sites (tertiary alicyclic amines) is 1. The predicted molar refractivity (Wildman–Crippen MR) is 85.2 cm³/mol. The Morgan fingerprint density at radius 2 is 2.00 bits per heavy atom. The highest BCUT2D eigenvalue weighted by molar-refractivity contribution is 5.13. The second-order valence-electron chi connectivity index (χ2n) is 5.96. The first-order valence-corrected chi connectivity index (χ1v) is 7.94. The summed E-state index contributed by atoms with van der Waals surface area (Å²) in [5.41, 5.74) is 1.15. The zero-order valence-electron chi connectivity index (χ0n) is 13.0. The van der Waals surface area contributed by atoms with Gasteiger partial charge in [-0.25, -0.2) is 0 Å². The van der Waals surface area contributed by atoms with Gasteiger partial charge >= 0.3 is 0 Å². The lowest BCUT2D eigenvalue weighted by Crippen LogP contribution is -2.41. The molecule has 1 saturated heterocycles. The van der Waals surface area contributed by atoms with Crippen molar-refractivity contribution in [2.75, 3.05) is 39.8 Å². The average molecular weight is 292 g/mol. The molecular formula is C17H28N2O2. The number of β-amino-alcohol motifs (C(OH)–C–C–N with tert-alkyl or cyclic N) is 1. The number of nitrogens with one attached hydrogen (secondary N) is 1. The zero-order chi connectivity index (χ0) is 14.9. The first kappa shape index (κ1) is 16.4. The van der Waals surface area contributed by atoms with Crippen LogP contribution < -0.4 is 5.32 Å². The van der Waals surface area contributed by atoms with Gasteiger partial charge in [0.25, 0.3) is 0 Å². The van der Waals surface area contributed by atoms with Crippen LogP contribution in [0.4, 0.5) is 0 Å². The molecule has 4 heteroatoms. The number of nitrogens with zero attached hydrogens (tertiary/aromatic N) is 1. The molecule has 1 fully saturated rings. The van der Waals surface area contributed by atoms with Gasteiger partial charge < -0.3 is 20.1 Å². The molecule has 1 atom stereocenters. The van der Waals surface area contributed by atoms with Crippen LogP contribution in [0.5, 0.6) is 0 Å². The molecule has 0 saturated carbocycles. The summed E-state index contributed by atoms with van der Waals surface area (Å²) in [6.07, 6.45) is 2.05. The molecule has 0 aromatic heterocycles. The van der Waals surface area contributed by atoms with E-state index in [1.165, 1.54) is 12.8 Å². The summed E-state index contributed by atoms with van der Waals surface area (Å²) in [5.74, 6) is 0.790. The quantitative estimate of drug-likeness (QED) is 0.762. The van der Waals surface area contributed by atoms with Crippen LogP contribution in [0.15, 0.2) is 30.3 Å². The topological polar surface area (TPSA) is 44.7 Å². The van der Waals surface area contributed by atoms with E-state index in [-0.39, 0.29) is 0 Å². The summed E-state index contributed by atoms with van der Waals surface area (Å²) >= 11 is 0. The summed E-state index contributed by atoms with van der Waals surface area (Å²) in [6.45, 7) is 4.98. The number of rotatable bonds is 8. The van der Waals surface area contributed by atoms with Gasteiger partial charge in [0.2, 0.25) is 0 Å². The molecule has 1 heterocycles. The van der Waals surface area contributed by atoms with Crippen LogP contribution in [0.25, 0.3) is 0 Å². The molecule has 2 N–H and O–H groups in total. The Hall–Kier alpha value is -0.940. The summed E-state index contributed by atoms with van der Waals surface area (Å²) < 4.78 is 5.60. The van der Waals surface area contributed by atoms with Gasteiger partial charge in [-0.15, -0.1) is 0 Å². The van der Waals surface area contributed by atoms with Gasteiger partial charge in [-0.05, 0) is 51.0 Å². The minimum Gasteiger partial charge on any atom is -0.389 e. The first-order chi connectivity index (χ1) is 10.3. The van der Waals surface area contributed by atoms with Crippen molar-refractivity contribution in [2.24, 2.45) is 5.92 Å². The van der Waals surface area contributed by atoms with Gasteiger partial charge in [0, 0.05) is 6.54 Å². The number of benzene rings is 1. The summed E-state index contributed by atoms with van der Waals surface area (Å²) in [6, 6.07) is 10.1. The van der Waals surface area contributed by atoms with E-state index in [1.54, 1.807) is 0 Å². The van der Waals surface area contributed by atoms with E-state index < -0.39 is 6.10 Å². The molecule has 4 nitrogen and oxygen atoms in total. The maximum atomic E-state index is 10.1. The fraction of sp³-hybridized carbons (Fsp3) is 0.647. The summed E-state index contributed by atoms with van der Waals surface area (Å²) in [7, 11) is 2.01. The fourth-order valence-corrected chi connectivity index (χ4v) is 2.90. The molecule has 0 spiro atoms. The van der Waals surface area contributed by atoms with Gasteiger partial charge in [-0.3, -0.25) is 0 Å². The minimum absolute atomic E-state index is 0.394. The zero-order valence-corrected chi connectivity index (χ0v) is 13.0. The monoisotopic (exact) mass is 292 g/mol. The van der Waals surface area contributed by atoms with Gasteiger partial charge in [-0.2, -0.15) is 0 Å². The van der Waals surface area contributed by atoms with Crippen LogP contribution in [0.1, 0.15) is 18.4 Å². The Kier molecular flexibility index (Phi) is 7.16. The molecule has 0 radical (unpaired) electrons. The molecule has 1 aromatic rings. The number of ether oxygens (including phenoxy) is 1. The number of piperidine rings is 1. The molecule has 2 rings (SSSR count). The largest absolute Gasteiger partial charge is 0.389 e. The minimum atomic E-state index is -0.394. The highest BCUT2D eigenvalue weighted by Crippen LogP contribution is 2.16. The Labute approximate surface area is 128 Å². The van der Waals surface area contributed by atoms with Gasteiger partial charge in [0.1, 0.15) is 0 Å². The molecule has 1 aliphatic rings. The van der Waals surface area contributed by atoms with Gasteiger partial charge in [-0.1, -0.05) is 30.3 Å². The van der Waals surface area contributed by atoms with Crippen LogP contribution in [0.3, 0.4) is 0 Å². The van der Waals surface area contributed by atoms with Crippen molar-refractivity contribution in [3.63, 3.8) is 0 Å². The summed E-state index contributed by atoms with van der Waals surface area (Å²) in [4.78, 5) is 2.35. The van der Waals surface area contributed by atoms with E-state index in [1.807, 2.05) is 37.4 Å². The lowest BCUT2D eigenvalue weighted by molar-refractivity contribution is 0.00457. The Balaban J connectivity index is 1.58. The van der Waals surface area contributed by atoms with Crippen molar-refractivity contribution in [2.45, 2.75) is 25.6 Å². The molecule has 1 aromatic carbocycles. The van der Waals surface area contributed by atoms with Crippen molar-refractivity contribution < 1.29 is 9.84 Å². The lowest BCUT2D eigenvalue weighted by Gasteiger charge is -2.33. The van der Waals surface area contributed by atoms with Crippen molar-refractivity contribution in [1.29, 1.82) is 0 Å². The average Bonchev–Trinajstić information content (AvgIpc) is 2.51. The van der Waals surface area contributed by atoms with E-state index in [2.05, 4.69) is 10.2 Å². The van der Waals surface area contributed by atoms with E-state index >= 15 is 0 Å². The molecule has 0 bridgehead atoms. The normalized spacial score (nSPS) is 18.8. The Morgan fingerprint density at radius 1 is 1.29 bits per heavy atom. The molecular weight excluding hydrogens is 264 g/mol. The fourth-order valence-electron chi connectivity index (χ4n) is 2.90. The van der Waals surface area contributed by atoms with E-state index in [9.17, 15) is 5.11 Å². The van der Waals surface area contributed by atoms with Crippen molar-refractivity contribution in [3.05, 3.63) is 35.9 Å². The SMILES string of the molecule is CNCC1CCN(CC(O)COCc2ccccc2)CC1. The van der Waals surface area contributed by atoms with E-state index in [0.717, 1.165) is 37.7 Å². The van der Waals surface area contributed by atoms with E-state index in [4.69, 9.17) is 4.74 Å². The Morgan fingerprint density at radius 3 is 2.67 bits per heavy atom. The van der Waals surface area contributed by atoms with Crippen LogP contribution in [-0.2, 0) is 11.3 Å². The maximum Gasteiger partial charge on any atom is 0.0900 e. The number of aliphatic hydroxyl groups is 1. The molecule has 21 heavy (non-hydrogen) atoms. The second-order valence-corrected chi connectivity index (χ2v) is 5.96. The third-order valence-corrected chi connectivity index (χ3v) is 4.09. The molecule has 0 aliphatic carbocycles. The van der Waals surface area contributed by atoms with Crippen LogP contribution in [-0.4, -0.2) is 55.9 Å². The Bertz CT molecular complexity index is 378. The third kappa shape index (κ3) is 6.14.